The molecule has 1 heterocycles. The number of rotatable bonds is 12. The minimum atomic E-state index is -0.602. The van der Waals surface area contributed by atoms with E-state index in [1.54, 1.807) is 24.3 Å². The third-order valence-electron chi connectivity index (χ3n) is 5.89. The van der Waals surface area contributed by atoms with Gasteiger partial charge < -0.3 is 20.1 Å². The number of thiazole rings is 1. The molecule has 0 radical (unpaired) electrons. The van der Waals surface area contributed by atoms with E-state index >= 15 is 0 Å². The lowest BCUT2D eigenvalue weighted by molar-refractivity contribution is -0.159. The molecule has 0 saturated carbocycles. The smallest absolute Gasteiger partial charge is 0.357 e. The lowest BCUT2D eigenvalue weighted by Crippen LogP contribution is -2.46. The molecule has 0 aliphatic carbocycles. The fraction of sp³-hybridized carbons (Fsp3) is 0.760. The molecule has 2 N–H and O–H groups in total. The molecule has 1 aromatic heterocycles. The maximum atomic E-state index is 13.6. The quantitative estimate of drug-likeness (QED) is 0.420. The molecule has 0 bridgehead atoms. The summed E-state index contributed by atoms with van der Waals surface area (Å²) in [5.41, 5.74) is 6.10. The Morgan fingerprint density at radius 2 is 1.79 bits per heavy atom. The van der Waals surface area contributed by atoms with Gasteiger partial charge in [0.05, 0.1) is 25.0 Å². The predicted molar refractivity (Wildman–Crippen MR) is 134 cm³/mol. The van der Waals surface area contributed by atoms with E-state index in [-0.39, 0.29) is 48.5 Å². The van der Waals surface area contributed by atoms with E-state index in [4.69, 9.17) is 15.2 Å². The number of esters is 2. The first kappa shape index (κ1) is 30.0. The van der Waals surface area contributed by atoms with Crippen molar-refractivity contribution in [2.24, 2.45) is 23.5 Å². The number of hydrogen-bond acceptors (Lipinski definition) is 8. The van der Waals surface area contributed by atoms with Crippen molar-refractivity contribution in [2.75, 3.05) is 13.7 Å². The normalized spacial score (nSPS) is 15.4. The number of ether oxygens (including phenoxy) is 2. The molecular formula is C25H43N3O5S. The van der Waals surface area contributed by atoms with Crippen LogP contribution >= 0.6 is 11.3 Å². The average molecular weight is 498 g/mol. The number of carbonyl (C=O) groups excluding carboxylic acids is 3. The molecule has 0 fully saturated rings. The van der Waals surface area contributed by atoms with Gasteiger partial charge in [-0.1, -0.05) is 34.1 Å². The zero-order valence-corrected chi connectivity index (χ0v) is 23.0. The second kappa shape index (κ2) is 13.2. The van der Waals surface area contributed by atoms with Gasteiger partial charge in [-0.25, -0.2) is 9.78 Å². The van der Waals surface area contributed by atoms with Gasteiger partial charge in [0.2, 0.25) is 5.91 Å². The number of aromatic nitrogens is 1. The van der Waals surface area contributed by atoms with Crippen molar-refractivity contribution in [1.29, 1.82) is 0 Å². The van der Waals surface area contributed by atoms with Crippen molar-refractivity contribution in [2.45, 2.75) is 92.3 Å². The van der Waals surface area contributed by atoms with Crippen LogP contribution in [0.3, 0.4) is 0 Å². The highest BCUT2D eigenvalue weighted by atomic mass is 32.1. The van der Waals surface area contributed by atoms with Crippen molar-refractivity contribution in [3.63, 3.8) is 0 Å². The molecule has 0 aliphatic heterocycles. The molecule has 4 atom stereocenters. The van der Waals surface area contributed by atoms with Crippen LogP contribution in [0.25, 0.3) is 0 Å². The lowest BCUT2D eigenvalue weighted by Gasteiger charge is -2.36. The maximum absolute atomic E-state index is 13.6. The van der Waals surface area contributed by atoms with Crippen molar-refractivity contribution in [3.05, 3.63) is 16.1 Å². The molecule has 0 unspecified atom stereocenters. The van der Waals surface area contributed by atoms with Crippen LogP contribution in [0.4, 0.5) is 0 Å². The first-order valence-electron chi connectivity index (χ1n) is 12.1. The number of nitrogens with zero attached hydrogens (tertiary/aromatic N) is 2. The van der Waals surface area contributed by atoms with Crippen LogP contribution in [0, 0.1) is 17.8 Å². The zero-order valence-electron chi connectivity index (χ0n) is 22.2. The summed E-state index contributed by atoms with van der Waals surface area (Å²) in [7, 11) is 1.77. The highest BCUT2D eigenvalue weighted by Crippen LogP contribution is 2.29. The molecule has 1 aromatic rings. The van der Waals surface area contributed by atoms with E-state index in [0.717, 1.165) is 6.42 Å². The SMILES string of the molecule is CCOC(=O)c1csc([C@H](N)C[C@H](C(C)C)N(C)C(=O)[C@@H](CC(=O)OC(C)(C)C)[C@@H](C)CC)n1. The molecule has 34 heavy (non-hydrogen) atoms. The molecule has 1 amide bonds. The monoisotopic (exact) mass is 497 g/mol. The van der Waals surface area contributed by atoms with E-state index < -0.39 is 23.5 Å². The van der Waals surface area contributed by atoms with Gasteiger partial charge in [0, 0.05) is 18.5 Å². The number of amides is 1. The zero-order chi connectivity index (χ0) is 26.2. The Morgan fingerprint density at radius 1 is 1.18 bits per heavy atom. The van der Waals surface area contributed by atoms with Gasteiger partial charge in [0.15, 0.2) is 5.69 Å². The predicted octanol–water partition coefficient (Wildman–Crippen LogP) is 4.59. The molecule has 8 nitrogen and oxygen atoms in total. The third-order valence-corrected chi connectivity index (χ3v) is 6.87. The van der Waals surface area contributed by atoms with Crippen LogP contribution < -0.4 is 5.73 Å². The summed E-state index contributed by atoms with van der Waals surface area (Å²) in [6.07, 6.45) is 1.30. The van der Waals surface area contributed by atoms with E-state index in [9.17, 15) is 14.4 Å². The Bertz CT molecular complexity index is 818. The van der Waals surface area contributed by atoms with E-state index in [2.05, 4.69) is 4.98 Å². The van der Waals surface area contributed by atoms with Crippen molar-refractivity contribution in [3.8, 4) is 0 Å². The molecule has 9 heteroatoms. The van der Waals surface area contributed by atoms with Gasteiger partial charge in [0.1, 0.15) is 10.6 Å². The molecule has 0 aromatic carbocycles. The van der Waals surface area contributed by atoms with Crippen molar-refractivity contribution >= 4 is 29.2 Å². The summed E-state index contributed by atoms with van der Waals surface area (Å²) in [5, 5.41) is 2.27. The molecule has 0 spiro atoms. The fourth-order valence-electron chi connectivity index (χ4n) is 3.80. The van der Waals surface area contributed by atoms with Crippen LogP contribution in [0.1, 0.15) is 96.2 Å². The summed E-state index contributed by atoms with van der Waals surface area (Å²) in [4.78, 5) is 44.1. The fourth-order valence-corrected chi connectivity index (χ4v) is 4.60. The summed E-state index contributed by atoms with van der Waals surface area (Å²) in [5.74, 6) is -1.25. The second-order valence-corrected chi connectivity index (χ2v) is 11.1. The maximum Gasteiger partial charge on any atom is 0.357 e. The van der Waals surface area contributed by atoms with Gasteiger partial charge in [-0.05, 0) is 46.0 Å². The van der Waals surface area contributed by atoms with Crippen LogP contribution in [0.2, 0.25) is 0 Å². The van der Waals surface area contributed by atoms with Gasteiger partial charge in [0.25, 0.3) is 0 Å². The number of nitrogens with two attached hydrogens (primary N) is 1. The molecule has 1 rings (SSSR count). The van der Waals surface area contributed by atoms with E-state index in [1.807, 2.05) is 48.5 Å². The highest BCUT2D eigenvalue weighted by molar-refractivity contribution is 7.09. The molecular weight excluding hydrogens is 454 g/mol. The van der Waals surface area contributed by atoms with E-state index in [1.165, 1.54) is 11.3 Å². The Labute approximate surface area is 208 Å². The molecule has 0 aliphatic rings. The number of hydrogen-bond donors (Lipinski definition) is 1. The summed E-state index contributed by atoms with van der Waals surface area (Å²) in [6.45, 7) is 15.6. The molecule has 0 saturated heterocycles. The van der Waals surface area contributed by atoms with Crippen LogP contribution in [0.15, 0.2) is 5.38 Å². The first-order valence-corrected chi connectivity index (χ1v) is 13.0. The van der Waals surface area contributed by atoms with Gasteiger partial charge >= 0.3 is 11.9 Å². The minimum Gasteiger partial charge on any atom is -0.461 e. The second-order valence-electron chi connectivity index (χ2n) is 10.2. The highest BCUT2D eigenvalue weighted by Gasteiger charge is 2.35. The van der Waals surface area contributed by atoms with Gasteiger partial charge in [-0.2, -0.15) is 0 Å². The average Bonchev–Trinajstić information content (AvgIpc) is 3.23. The Balaban J connectivity index is 3.02. The van der Waals surface area contributed by atoms with Crippen LogP contribution in [0.5, 0.6) is 0 Å². The Kier molecular flexibility index (Phi) is 11.6. The van der Waals surface area contributed by atoms with Crippen molar-refractivity contribution in [1.82, 2.24) is 9.88 Å². The largest absolute Gasteiger partial charge is 0.461 e. The standard InChI is InChI=1S/C25H43N3O5S/c1-10-16(5)17(12-21(29)33-25(6,7)8)23(30)28(9)20(15(3)4)13-18(26)22-27-19(14-34-22)24(31)32-11-2/h14-18,20H,10-13,26H2,1-9H3/t16-,17-,18+,20+/m0/s1. The van der Waals surface area contributed by atoms with Crippen LogP contribution in [-0.2, 0) is 19.1 Å². The summed E-state index contributed by atoms with van der Waals surface area (Å²) >= 11 is 1.31. The Morgan fingerprint density at radius 3 is 2.29 bits per heavy atom. The van der Waals surface area contributed by atoms with Crippen molar-refractivity contribution < 1.29 is 23.9 Å². The molecule has 194 valence electrons. The van der Waals surface area contributed by atoms with Gasteiger partial charge in [-0.3, -0.25) is 9.59 Å². The number of carbonyl (C=O) groups is 3. The Hall–Kier alpha value is -2.00. The summed E-state index contributed by atoms with van der Waals surface area (Å²) < 4.78 is 10.5. The first-order chi connectivity index (χ1) is 15.7. The lowest BCUT2D eigenvalue weighted by atomic mass is 9.86. The van der Waals surface area contributed by atoms with Gasteiger partial charge in [-0.15, -0.1) is 11.3 Å². The third kappa shape index (κ3) is 8.98. The summed E-state index contributed by atoms with van der Waals surface area (Å²) in [6, 6.07) is -0.605. The van der Waals surface area contributed by atoms with Crippen LogP contribution in [-0.4, -0.2) is 53.0 Å². The minimum absolute atomic E-state index is 0.0232. The van der Waals surface area contributed by atoms with E-state index in [0.29, 0.717) is 11.4 Å². The topological polar surface area (TPSA) is 112 Å².